The van der Waals surface area contributed by atoms with Crippen LogP contribution in [0.4, 0.5) is 10.3 Å². The molecule has 1 fully saturated rings. The molecule has 128 valence electrons. The molecule has 0 radical (unpaired) electrons. The summed E-state index contributed by atoms with van der Waals surface area (Å²) in [6.07, 6.45) is 3.12. The summed E-state index contributed by atoms with van der Waals surface area (Å²) in [5.41, 5.74) is 0. The average molecular weight is 341 g/mol. The molecule has 0 unspecified atom stereocenters. The SMILES string of the molecule is Fc1ccc(Oc2cc(-n3cnnc3)nc(N3CCNCC3)n2)cc1. The summed E-state index contributed by atoms with van der Waals surface area (Å²) in [7, 11) is 0. The fraction of sp³-hybridized carbons (Fsp3) is 0.250. The number of ether oxygens (including phenoxy) is 1. The summed E-state index contributed by atoms with van der Waals surface area (Å²) < 4.78 is 20.5. The first-order valence-electron chi connectivity index (χ1n) is 7.91. The Morgan fingerprint density at radius 3 is 2.44 bits per heavy atom. The fourth-order valence-corrected chi connectivity index (χ4v) is 2.53. The maximum absolute atomic E-state index is 13.1. The molecule has 8 nitrogen and oxygen atoms in total. The minimum Gasteiger partial charge on any atom is -0.439 e. The van der Waals surface area contributed by atoms with Gasteiger partial charge in [-0.2, -0.15) is 9.97 Å². The van der Waals surface area contributed by atoms with Gasteiger partial charge >= 0.3 is 0 Å². The highest BCUT2D eigenvalue weighted by Crippen LogP contribution is 2.24. The molecule has 1 N–H and O–H groups in total. The Bertz CT molecular complexity index is 832. The van der Waals surface area contributed by atoms with Gasteiger partial charge in [0.2, 0.25) is 11.8 Å². The Morgan fingerprint density at radius 1 is 1.00 bits per heavy atom. The molecular weight excluding hydrogens is 325 g/mol. The van der Waals surface area contributed by atoms with E-state index in [0.717, 1.165) is 26.2 Å². The summed E-state index contributed by atoms with van der Waals surface area (Å²) in [5, 5.41) is 10.9. The van der Waals surface area contributed by atoms with Gasteiger partial charge in [-0.05, 0) is 24.3 Å². The molecule has 0 bridgehead atoms. The second kappa shape index (κ2) is 6.81. The van der Waals surface area contributed by atoms with E-state index in [0.29, 0.717) is 23.4 Å². The summed E-state index contributed by atoms with van der Waals surface area (Å²) in [6, 6.07) is 7.49. The highest BCUT2D eigenvalue weighted by atomic mass is 19.1. The molecule has 4 rings (SSSR count). The highest BCUT2D eigenvalue weighted by Gasteiger charge is 2.16. The van der Waals surface area contributed by atoms with E-state index in [1.54, 1.807) is 35.4 Å². The van der Waals surface area contributed by atoms with Crippen LogP contribution < -0.4 is 15.0 Å². The normalized spacial score (nSPS) is 14.5. The zero-order chi connectivity index (χ0) is 17.1. The summed E-state index contributed by atoms with van der Waals surface area (Å²) in [6.45, 7) is 3.35. The van der Waals surface area contributed by atoms with Crippen molar-refractivity contribution in [1.82, 2.24) is 30.0 Å². The van der Waals surface area contributed by atoms with Crippen molar-refractivity contribution in [2.75, 3.05) is 31.1 Å². The number of nitrogens with one attached hydrogen (secondary N) is 1. The molecule has 25 heavy (non-hydrogen) atoms. The van der Waals surface area contributed by atoms with Gasteiger partial charge in [-0.1, -0.05) is 0 Å². The third-order valence-corrected chi connectivity index (χ3v) is 3.80. The minimum atomic E-state index is -0.318. The smallest absolute Gasteiger partial charge is 0.230 e. The Morgan fingerprint density at radius 2 is 1.72 bits per heavy atom. The van der Waals surface area contributed by atoms with Gasteiger partial charge in [-0.15, -0.1) is 10.2 Å². The van der Waals surface area contributed by atoms with E-state index in [2.05, 4.69) is 30.4 Å². The lowest BCUT2D eigenvalue weighted by atomic mass is 10.3. The van der Waals surface area contributed by atoms with Crippen LogP contribution in [0.25, 0.3) is 5.82 Å². The number of nitrogens with zero attached hydrogens (tertiary/aromatic N) is 6. The van der Waals surface area contributed by atoms with E-state index >= 15 is 0 Å². The van der Waals surface area contributed by atoms with Crippen LogP contribution in [0.2, 0.25) is 0 Å². The van der Waals surface area contributed by atoms with Gasteiger partial charge in [0.25, 0.3) is 0 Å². The van der Waals surface area contributed by atoms with Crippen LogP contribution in [0, 0.1) is 5.82 Å². The standard InChI is InChI=1S/C16H16FN7O/c17-12-1-3-13(4-2-12)25-15-9-14(24-10-19-20-11-24)21-16(22-15)23-7-5-18-6-8-23/h1-4,9-11,18H,5-8H2. The van der Waals surface area contributed by atoms with E-state index in [1.807, 2.05) is 0 Å². The summed E-state index contributed by atoms with van der Waals surface area (Å²) >= 11 is 0. The van der Waals surface area contributed by atoms with Crippen molar-refractivity contribution >= 4 is 5.95 Å². The van der Waals surface area contributed by atoms with Crippen LogP contribution in [0.5, 0.6) is 11.6 Å². The van der Waals surface area contributed by atoms with E-state index in [1.165, 1.54) is 12.1 Å². The Hall–Kier alpha value is -3.07. The lowest BCUT2D eigenvalue weighted by molar-refractivity contribution is 0.457. The van der Waals surface area contributed by atoms with Crippen LogP contribution >= 0.6 is 0 Å². The van der Waals surface area contributed by atoms with Crippen LogP contribution in [-0.2, 0) is 0 Å². The van der Waals surface area contributed by atoms with Gasteiger partial charge in [-0.25, -0.2) is 4.39 Å². The first-order chi connectivity index (χ1) is 12.3. The predicted molar refractivity (Wildman–Crippen MR) is 88.5 cm³/mol. The third-order valence-electron chi connectivity index (χ3n) is 3.80. The molecule has 0 atom stereocenters. The van der Waals surface area contributed by atoms with Crippen molar-refractivity contribution in [1.29, 1.82) is 0 Å². The van der Waals surface area contributed by atoms with Crippen molar-refractivity contribution in [3.05, 3.63) is 48.8 Å². The van der Waals surface area contributed by atoms with E-state index in [4.69, 9.17) is 4.74 Å². The van der Waals surface area contributed by atoms with Crippen molar-refractivity contribution in [2.45, 2.75) is 0 Å². The number of piperazine rings is 1. The van der Waals surface area contributed by atoms with Crippen LogP contribution in [0.3, 0.4) is 0 Å². The fourth-order valence-electron chi connectivity index (χ4n) is 2.53. The lowest BCUT2D eigenvalue weighted by Gasteiger charge is -2.27. The highest BCUT2D eigenvalue weighted by molar-refractivity contribution is 5.41. The van der Waals surface area contributed by atoms with E-state index in [-0.39, 0.29) is 5.82 Å². The van der Waals surface area contributed by atoms with Gasteiger partial charge in [0.05, 0.1) is 0 Å². The quantitative estimate of drug-likeness (QED) is 0.768. The summed E-state index contributed by atoms with van der Waals surface area (Å²) in [5.74, 6) is 1.73. The van der Waals surface area contributed by atoms with Crippen LogP contribution in [0.15, 0.2) is 43.0 Å². The first-order valence-corrected chi connectivity index (χ1v) is 7.91. The van der Waals surface area contributed by atoms with Gasteiger partial charge in [0.15, 0.2) is 0 Å². The maximum Gasteiger partial charge on any atom is 0.230 e. The molecular formula is C16H16FN7O. The number of halogens is 1. The van der Waals surface area contributed by atoms with Crippen molar-refractivity contribution < 1.29 is 9.13 Å². The van der Waals surface area contributed by atoms with Gasteiger partial charge < -0.3 is 15.0 Å². The Kier molecular flexibility index (Phi) is 4.21. The lowest BCUT2D eigenvalue weighted by Crippen LogP contribution is -2.44. The number of hydrogen-bond donors (Lipinski definition) is 1. The average Bonchev–Trinajstić information content (AvgIpc) is 3.19. The maximum atomic E-state index is 13.1. The zero-order valence-corrected chi connectivity index (χ0v) is 13.3. The molecule has 1 aliphatic heterocycles. The van der Waals surface area contributed by atoms with E-state index < -0.39 is 0 Å². The predicted octanol–water partition coefficient (Wildman–Crippen LogP) is 1.40. The Labute approximate surface area is 143 Å². The number of hydrogen-bond acceptors (Lipinski definition) is 7. The van der Waals surface area contributed by atoms with Crippen molar-refractivity contribution in [3.63, 3.8) is 0 Å². The topological polar surface area (TPSA) is 81.0 Å². The monoisotopic (exact) mass is 341 g/mol. The first kappa shape index (κ1) is 15.5. The molecule has 0 spiro atoms. The molecule has 0 aliphatic carbocycles. The minimum absolute atomic E-state index is 0.318. The van der Waals surface area contributed by atoms with Gasteiger partial charge in [0, 0.05) is 32.2 Å². The largest absolute Gasteiger partial charge is 0.439 e. The Balaban J connectivity index is 1.69. The van der Waals surface area contributed by atoms with Gasteiger partial charge in [0.1, 0.15) is 30.0 Å². The second-order valence-corrected chi connectivity index (χ2v) is 5.53. The number of aromatic nitrogens is 5. The van der Waals surface area contributed by atoms with Crippen molar-refractivity contribution in [2.24, 2.45) is 0 Å². The molecule has 0 saturated carbocycles. The molecule has 1 aromatic carbocycles. The molecule has 3 aromatic rings. The number of anilines is 1. The second-order valence-electron chi connectivity index (χ2n) is 5.53. The number of rotatable bonds is 4. The molecule has 2 aromatic heterocycles. The molecule has 1 aliphatic rings. The van der Waals surface area contributed by atoms with Crippen LogP contribution in [-0.4, -0.2) is 50.9 Å². The molecule has 9 heteroatoms. The van der Waals surface area contributed by atoms with Crippen LogP contribution in [0.1, 0.15) is 0 Å². The van der Waals surface area contributed by atoms with Crippen molar-refractivity contribution in [3.8, 4) is 17.4 Å². The number of benzene rings is 1. The van der Waals surface area contributed by atoms with E-state index in [9.17, 15) is 4.39 Å². The van der Waals surface area contributed by atoms with Gasteiger partial charge in [-0.3, -0.25) is 4.57 Å². The zero-order valence-electron chi connectivity index (χ0n) is 13.3. The third kappa shape index (κ3) is 3.56. The molecule has 3 heterocycles. The molecule has 1 saturated heterocycles. The summed E-state index contributed by atoms with van der Waals surface area (Å²) in [4.78, 5) is 11.2. The molecule has 0 amide bonds.